The third-order valence-corrected chi connectivity index (χ3v) is 2.24. The molecule has 0 N–H and O–H groups in total. The van der Waals surface area contributed by atoms with Gasteiger partial charge in [0.25, 0.3) is 0 Å². The Kier molecular flexibility index (Phi) is 4.27. The van der Waals surface area contributed by atoms with Crippen LogP contribution in [-0.2, 0) is 16.1 Å². The molecule has 0 aliphatic heterocycles. The van der Waals surface area contributed by atoms with E-state index < -0.39 is 0 Å². The number of hydrogen-bond acceptors (Lipinski definition) is 4. The maximum atomic E-state index is 11.6. The molecule has 1 rings (SSSR count). The van der Waals surface area contributed by atoms with Crippen LogP contribution in [0.2, 0.25) is 0 Å². The highest BCUT2D eigenvalue weighted by Gasteiger charge is 2.24. The van der Waals surface area contributed by atoms with E-state index in [0.717, 1.165) is 0 Å². The lowest BCUT2D eigenvalue weighted by Crippen LogP contribution is -2.19. The molecule has 1 aromatic rings. The highest BCUT2D eigenvalue weighted by molar-refractivity contribution is 5.76. The number of esters is 1. The Morgan fingerprint density at radius 1 is 1.53 bits per heavy atom. The summed E-state index contributed by atoms with van der Waals surface area (Å²) in [5.74, 6) is 0.175. The van der Waals surface area contributed by atoms with Gasteiger partial charge in [-0.1, -0.05) is 6.92 Å². The van der Waals surface area contributed by atoms with E-state index in [-0.39, 0.29) is 11.9 Å². The van der Waals surface area contributed by atoms with Crippen LogP contribution in [0.25, 0.3) is 0 Å². The first-order valence-corrected chi connectivity index (χ1v) is 5.28. The lowest BCUT2D eigenvalue weighted by atomic mass is 10.1. The normalized spacial score (nSPS) is 12.5. The van der Waals surface area contributed by atoms with Crippen molar-refractivity contribution in [3.8, 4) is 0 Å². The van der Waals surface area contributed by atoms with Crippen LogP contribution in [0.3, 0.4) is 0 Å². The molecule has 5 nitrogen and oxygen atoms in total. The molecular weight excluding hydrogens is 194 g/mol. The third-order valence-electron chi connectivity index (χ3n) is 2.24. The number of aromatic nitrogens is 3. The molecule has 84 valence electrons. The summed E-state index contributed by atoms with van der Waals surface area (Å²) in [5.41, 5.74) is 0. The highest BCUT2D eigenvalue weighted by Crippen LogP contribution is 2.18. The zero-order valence-corrected chi connectivity index (χ0v) is 9.43. The number of ether oxygens (including phenoxy) is 1. The van der Waals surface area contributed by atoms with E-state index in [4.69, 9.17) is 4.74 Å². The molecule has 1 unspecified atom stereocenters. The van der Waals surface area contributed by atoms with Crippen molar-refractivity contribution in [3.05, 3.63) is 12.2 Å². The molecule has 0 amide bonds. The molecule has 0 saturated carbocycles. The molecule has 1 heterocycles. The van der Waals surface area contributed by atoms with Crippen LogP contribution in [0, 0.1) is 0 Å². The Hall–Kier alpha value is -1.39. The van der Waals surface area contributed by atoms with Crippen molar-refractivity contribution in [2.45, 2.75) is 39.7 Å². The van der Waals surface area contributed by atoms with Gasteiger partial charge in [-0.25, -0.2) is 9.67 Å². The third kappa shape index (κ3) is 2.55. The molecule has 0 aliphatic carbocycles. The van der Waals surface area contributed by atoms with Crippen molar-refractivity contribution in [1.82, 2.24) is 14.8 Å². The van der Waals surface area contributed by atoms with Gasteiger partial charge in [-0.3, -0.25) is 4.79 Å². The van der Waals surface area contributed by atoms with Gasteiger partial charge in [-0.05, 0) is 20.3 Å². The highest BCUT2D eigenvalue weighted by atomic mass is 16.5. The molecule has 0 aliphatic rings. The van der Waals surface area contributed by atoms with Crippen LogP contribution in [-0.4, -0.2) is 27.3 Å². The van der Waals surface area contributed by atoms with Gasteiger partial charge in [-0.2, -0.15) is 5.10 Å². The van der Waals surface area contributed by atoms with Crippen LogP contribution in [0.15, 0.2) is 6.33 Å². The first kappa shape index (κ1) is 11.7. The molecule has 15 heavy (non-hydrogen) atoms. The van der Waals surface area contributed by atoms with Crippen LogP contribution >= 0.6 is 0 Å². The maximum absolute atomic E-state index is 11.6. The average molecular weight is 211 g/mol. The first-order valence-electron chi connectivity index (χ1n) is 5.28. The van der Waals surface area contributed by atoms with Gasteiger partial charge in [-0.15, -0.1) is 0 Å². The second-order valence-corrected chi connectivity index (χ2v) is 3.15. The van der Waals surface area contributed by atoms with E-state index in [0.29, 0.717) is 25.4 Å². The molecule has 0 aromatic carbocycles. The number of rotatable bonds is 5. The summed E-state index contributed by atoms with van der Waals surface area (Å²) in [5, 5.41) is 4.04. The van der Waals surface area contributed by atoms with Crippen molar-refractivity contribution in [1.29, 1.82) is 0 Å². The standard InChI is InChI=1S/C10H17N3O2/c1-4-8(10(14)15-6-3)9-11-7-12-13(9)5-2/h7-8H,4-6H2,1-3H3. The number of carbonyl (C=O) groups is 1. The summed E-state index contributed by atoms with van der Waals surface area (Å²) in [6.07, 6.45) is 2.15. The topological polar surface area (TPSA) is 57.0 Å². The maximum Gasteiger partial charge on any atom is 0.316 e. The lowest BCUT2D eigenvalue weighted by molar-refractivity contribution is -0.145. The molecule has 0 saturated heterocycles. The van der Waals surface area contributed by atoms with Crippen molar-refractivity contribution >= 4 is 5.97 Å². The zero-order chi connectivity index (χ0) is 11.3. The fourth-order valence-electron chi connectivity index (χ4n) is 1.48. The Labute approximate surface area is 89.5 Å². The van der Waals surface area contributed by atoms with Gasteiger partial charge in [0.1, 0.15) is 18.1 Å². The second-order valence-electron chi connectivity index (χ2n) is 3.15. The SMILES string of the molecule is CCOC(=O)C(CC)c1ncnn1CC. The first-order chi connectivity index (χ1) is 7.24. The van der Waals surface area contributed by atoms with Crippen LogP contribution in [0.5, 0.6) is 0 Å². The number of nitrogens with zero attached hydrogens (tertiary/aromatic N) is 3. The van der Waals surface area contributed by atoms with E-state index in [1.54, 1.807) is 11.6 Å². The average Bonchev–Trinajstić information content (AvgIpc) is 2.67. The summed E-state index contributed by atoms with van der Waals surface area (Å²) in [6, 6.07) is 0. The van der Waals surface area contributed by atoms with Crippen molar-refractivity contribution in [2.75, 3.05) is 6.61 Å². The van der Waals surface area contributed by atoms with E-state index in [2.05, 4.69) is 10.1 Å². The van der Waals surface area contributed by atoms with Crippen LogP contribution < -0.4 is 0 Å². The van der Waals surface area contributed by atoms with E-state index in [1.807, 2.05) is 13.8 Å². The molecule has 0 bridgehead atoms. The van der Waals surface area contributed by atoms with Crippen LogP contribution in [0.4, 0.5) is 0 Å². The van der Waals surface area contributed by atoms with E-state index in [1.165, 1.54) is 6.33 Å². The molecule has 1 aromatic heterocycles. The van der Waals surface area contributed by atoms with Crippen molar-refractivity contribution in [2.24, 2.45) is 0 Å². The number of hydrogen-bond donors (Lipinski definition) is 0. The predicted octanol–water partition coefficient (Wildman–Crippen LogP) is 1.35. The number of carbonyl (C=O) groups excluding carboxylic acids is 1. The predicted molar refractivity (Wildman–Crippen MR) is 55.4 cm³/mol. The summed E-state index contributed by atoms with van der Waals surface area (Å²) in [6.45, 7) is 6.82. The lowest BCUT2D eigenvalue weighted by Gasteiger charge is -2.13. The summed E-state index contributed by atoms with van der Waals surface area (Å²) < 4.78 is 6.73. The van der Waals surface area contributed by atoms with Crippen molar-refractivity contribution in [3.63, 3.8) is 0 Å². The zero-order valence-electron chi connectivity index (χ0n) is 9.43. The Balaban J connectivity index is 2.86. The van der Waals surface area contributed by atoms with Crippen LogP contribution in [0.1, 0.15) is 38.9 Å². The minimum atomic E-state index is -0.299. The summed E-state index contributed by atoms with van der Waals surface area (Å²) >= 11 is 0. The molecule has 0 radical (unpaired) electrons. The van der Waals surface area contributed by atoms with Crippen molar-refractivity contribution < 1.29 is 9.53 Å². The number of aryl methyl sites for hydroxylation is 1. The van der Waals surface area contributed by atoms with Gasteiger partial charge in [0.15, 0.2) is 0 Å². The smallest absolute Gasteiger partial charge is 0.316 e. The largest absolute Gasteiger partial charge is 0.465 e. The fraction of sp³-hybridized carbons (Fsp3) is 0.700. The molecule has 1 atom stereocenters. The Bertz CT molecular complexity index is 322. The fourth-order valence-corrected chi connectivity index (χ4v) is 1.48. The monoisotopic (exact) mass is 211 g/mol. The molecule has 0 fully saturated rings. The van der Waals surface area contributed by atoms with Gasteiger partial charge in [0.2, 0.25) is 0 Å². The van der Waals surface area contributed by atoms with E-state index in [9.17, 15) is 4.79 Å². The Morgan fingerprint density at radius 2 is 2.27 bits per heavy atom. The Morgan fingerprint density at radius 3 is 2.80 bits per heavy atom. The minimum absolute atomic E-state index is 0.220. The van der Waals surface area contributed by atoms with Gasteiger partial charge >= 0.3 is 5.97 Å². The summed E-state index contributed by atoms with van der Waals surface area (Å²) in [4.78, 5) is 15.8. The molecular formula is C10H17N3O2. The molecule has 5 heteroatoms. The van der Waals surface area contributed by atoms with Gasteiger partial charge in [0, 0.05) is 6.54 Å². The molecule has 0 spiro atoms. The second kappa shape index (κ2) is 5.48. The van der Waals surface area contributed by atoms with E-state index >= 15 is 0 Å². The summed E-state index contributed by atoms with van der Waals surface area (Å²) in [7, 11) is 0. The minimum Gasteiger partial charge on any atom is -0.465 e. The quantitative estimate of drug-likeness (QED) is 0.690. The van der Waals surface area contributed by atoms with Gasteiger partial charge in [0.05, 0.1) is 6.61 Å². The van der Waals surface area contributed by atoms with Gasteiger partial charge < -0.3 is 4.74 Å².